The van der Waals surface area contributed by atoms with Gasteiger partial charge in [0.25, 0.3) is 5.89 Å². The highest BCUT2D eigenvalue weighted by molar-refractivity contribution is 5.68. The van der Waals surface area contributed by atoms with Gasteiger partial charge in [-0.2, -0.15) is 4.98 Å². The highest BCUT2D eigenvalue weighted by atomic mass is 16.5. The number of anilines is 2. The summed E-state index contributed by atoms with van der Waals surface area (Å²) in [6.07, 6.45) is 9.94. The van der Waals surface area contributed by atoms with Gasteiger partial charge in [0.2, 0.25) is 5.95 Å². The molecule has 150 valence electrons. The Balaban J connectivity index is 1.48. The first-order chi connectivity index (χ1) is 14.7. The van der Waals surface area contributed by atoms with Crippen LogP contribution in [0, 0.1) is 0 Å². The number of nitrogens with two attached hydrogens (primary N) is 1. The number of nitrogens with zero attached hydrogens (tertiary/aromatic N) is 6. The van der Waals surface area contributed by atoms with Crippen molar-refractivity contribution in [2.24, 2.45) is 0 Å². The first-order valence-electron chi connectivity index (χ1n) is 9.71. The minimum Gasteiger partial charge on any atom is -0.372 e. The maximum atomic E-state index is 5.61. The number of aromatic nitrogens is 6. The van der Waals surface area contributed by atoms with Gasteiger partial charge in [0, 0.05) is 37.4 Å². The van der Waals surface area contributed by atoms with E-state index in [0.29, 0.717) is 17.5 Å². The fourth-order valence-corrected chi connectivity index (χ4v) is 3.79. The second-order valence-corrected chi connectivity index (χ2v) is 7.27. The Morgan fingerprint density at radius 3 is 2.53 bits per heavy atom. The third-order valence-corrected chi connectivity index (χ3v) is 5.62. The smallest absolute Gasteiger partial charge is 0.261 e. The van der Waals surface area contributed by atoms with Crippen molar-refractivity contribution in [3.63, 3.8) is 0 Å². The summed E-state index contributed by atoms with van der Waals surface area (Å²) in [5.41, 5.74) is 8.74. The van der Waals surface area contributed by atoms with E-state index in [0.717, 1.165) is 41.6 Å². The standard InChI is InChI=1S/C21H20N8O/c1-23-17-15(4-2-9-24-17)18-28-19(29-30-18)21(7-3-8-21)14-5-6-16(25-12-14)13-10-26-20(22)27-11-13/h2,4-6,9-12H,3,7-8H2,1H3,(H,23,24)(H2,22,26,27). The molecule has 1 aliphatic rings. The Morgan fingerprint density at radius 2 is 1.87 bits per heavy atom. The monoisotopic (exact) mass is 400 g/mol. The van der Waals surface area contributed by atoms with Crippen LogP contribution in [-0.2, 0) is 5.41 Å². The number of hydrogen-bond donors (Lipinski definition) is 2. The highest BCUT2D eigenvalue weighted by Crippen LogP contribution is 2.48. The number of rotatable bonds is 5. The fourth-order valence-electron chi connectivity index (χ4n) is 3.79. The Hall–Kier alpha value is -3.88. The van der Waals surface area contributed by atoms with E-state index >= 15 is 0 Å². The zero-order valence-corrected chi connectivity index (χ0v) is 16.4. The third kappa shape index (κ3) is 2.95. The van der Waals surface area contributed by atoms with E-state index in [4.69, 9.17) is 15.2 Å². The molecule has 4 aromatic heterocycles. The second kappa shape index (κ2) is 7.18. The summed E-state index contributed by atoms with van der Waals surface area (Å²) < 4.78 is 5.61. The topological polar surface area (TPSA) is 129 Å². The molecule has 0 unspecified atom stereocenters. The minimum absolute atomic E-state index is 0.242. The van der Waals surface area contributed by atoms with Gasteiger partial charge in [-0.05, 0) is 36.6 Å². The van der Waals surface area contributed by atoms with Crippen LogP contribution in [0.25, 0.3) is 22.7 Å². The SMILES string of the molecule is CNc1ncccc1-c1nc(C2(c3ccc(-c4cnc(N)nc4)nc3)CCC2)no1. The largest absolute Gasteiger partial charge is 0.372 e. The number of hydrogen-bond acceptors (Lipinski definition) is 9. The molecule has 30 heavy (non-hydrogen) atoms. The van der Waals surface area contributed by atoms with E-state index in [-0.39, 0.29) is 11.4 Å². The Kier molecular flexibility index (Phi) is 4.35. The molecule has 0 saturated heterocycles. The molecule has 0 spiro atoms. The molecule has 9 nitrogen and oxygen atoms in total. The number of nitrogens with one attached hydrogen (secondary N) is 1. The van der Waals surface area contributed by atoms with Crippen molar-refractivity contribution in [2.75, 3.05) is 18.1 Å². The Morgan fingerprint density at radius 1 is 1.03 bits per heavy atom. The predicted molar refractivity (Wildman–Crippen MR) is 111 cm³/mol. The minimum atomic E-state index is -0.285. The van der Waals surface area contributed by atoms with Gasteiger partial charge >= 0.3 is 0 Å². The lowest BCUT2D eigenvalue weighted by Gasteiger charge is -2.39. The van der Waals surface area contributed by atoms with Crippen LogP contribution in [-0.4, -0.2) is 37.1 Å². The molecule has 0 aromatic carbocycles. The van der Waals surface area contributed by atoms with Crippen LogP contribution in [0.2, 0.25) is 0 Å². The fraction of sp³-hybridized carbons (Fsp3) is 0.238. The summed E-state index contributed by atoms with van der Waals surface area (Å²) in [5.74, 6) is 2.08. The second-order valence-electron chi connectivity index (χ2n) is 7.27. The molecule has 4 aromatic rings. The molecular formula is C21H20N8O. The molecule has 0 radical (unpaired) electrons. The maximum absolute atomic E-state index is 5.61. The van der Waals surface area contributed by atoms with Gasteiger partial charge in [-0.15, -0.1) is 0 Å². The molecule has 1 aliphatic carbocycles. The van der Waals surface area contributed by atoms with Crippen molar-refractivity contribution in [3.05, 3.63) is 60.4 Å². The van der Waals surface area contributed by atoms with Crippen LogP contribution < -0.4 is 11.1 Å². The zero-order valence-electron chi connectivity index (χ0n) is 16.4. The van der Waals surface area contributed by atoms with Crippen LogP contribution in [0.5, 0.6) is 0 Å². The molecule has 1 saturated carbocycles. The van der Waals surface area contributed by atoms with Crippen molar-refractivity contribution < 1.29 is 4.52 Å². The normalized spacial score (nSPS) is 14.8. The molecule has 0 aliphatic heterocycles. The first-order valence-corrected chi connectivity index (χ1v) is 9.71. The molecule has 0 amide bonds. The summed E-state index contributed by atoms with van der Waals surface area (Å²) in [6, 6.07) is 7.79. The summed E-state index contributed by atoms with van der Waals surface area (Å²) in [7, 11) is 1.82. The van der Waals surface area contributed by atoms with E-state index < -0.39 is 0 Å². The molecule has 5 rings (SSSR count). The Labute approximate surface area is 172 Å². The lowest BCUT2D eigenvalue weighted by atomic mass is 9.64. The van der Waals surface area contributed by atoms with Crippen LogP contribution in [0.15, 0.2) is 53.6 Å². The average molecular weight is 400 g/mol. The molecule has 9 heteroatoms. The van der Waals surface area contributed by atoms with Crippen molar-refractivity contribution in [3.8, 4) is 22.7 Å². The van der Waals surface area contributed by atoms with E-state index in [2.05, 4.69) is 36.5 Å². The molecule has 4 heterocycles. The van der Waals surface area contributed by atoms with Crippen LogP contribution in [0.1, 0.15) is 30.7 Å². The van der Waals surface area contributed by atoms with Crippen molar-refractivity contribution in [2.45, 2.75) is 24.7 Å². The van der Waals surface area contributed by atoms with Crippen molar-refractivity contribution in [1.82, 2.24) is 30.1 Å². The van der Waals surface area contributed by atoms with Crippen LogP contribution in [0.3, 0.4) is 0 Å². The molecule has 0 bridgehead atoms. The molecule has 1 fully saturated rings. The summed E-state index contributed by atoms with van der Waals surface area (Å²) in [4.78, 5) is 21.7. The Bertz CT molecular complexity index is 1170. The number of pyridine rings is 2. The molecule has 3 N–H and O–H groups in total. The summed E-state index contributed by atoms with van der Waals surface area (Å²) in [6.45, 7) is 0. The number of nitrogen functional groups attached to an aromatic ring is 1. The highest BCUT2D eigenvalue weighted by Gasteiger charge is 2.45. The van der Waals surface area contributed by atoms with E-state index in [1.165, 1.54) is 0 Å². The van der Waals surface area contributed by atoms with Crippen molar-refractivity contribution in [1.29, 1.82) is 0 Å². The molecule has 0 atom stereocenters. The van der Waals surface area contributed by atoms with Gasteiger partial charge in [0.15, 0.2) is 5.82 Å². The van der Waals surface area contributed by atoms with Gasteiger partial charge in [-0.25, -0.2) is 15.0 Å². The summed E-state index contributed by atoms with van der Waals surface area (Å²) >= 11 is 0. The van der Waals surface area contributed by atoms with Gasteiger partial charge in [0.05, 0.1) is 16.7 Å². The maximum Gasteiger partial charge on any atom is 0.261 e. The van der Waals surface area contributed by atoms with Gasteiger partial charge in [-0.1, -0.05) is 17.6 Å². The third-order valence-electron chi connectivity index (χ3n) is 5.62. The summed E-state index contributed by atoms with van der Waals surface area (Å²) in [5, 5.41) is 7.39. The van der Waals surface area contributed by atoms with Crippen LogP contribution >= 0.6 is 0 Å². The first kappa shape index (κ1) is 18.2. The lowest BCUT2D eigenvalue weighted by molar-refractivity contribution is 0.272. The van der Waals surface area contributed by atoms with Gasteiger partial charge < -0.3 is 15.6 Å². The van der Waals surface area contributed by atoms with Crippen LogP contribution in [0.4, 0.5) is 11.8 Å². The van der Waals surface area contributed by atoms with E-state index in [1.54, 1.807) is 18.6 Å². The van der Waals surface area contributed by atoms with E-state index in [1.807, 2.05) is 31.4 Å². The quantitative estimate of drug-likeness (QED) is 0.519. The predicted octanol–water partition coefficient (Wildman–Crippen LogP) is 3.08. The lowest BCUT2D eigenvalue weighted by Crippen LogP contribution is -2.36. The zero-order chi connectivity index (χ0) is 20.6. The van der Waals surface area contributed by atoms with Crippen molar-refractivity contribution >= 4 is 11.8 Å². The van der Waals surface area contributed by atoms with Gasteiger partial charge in [-0.3, -0.25) is 4.98 Å². The van der Waals surface area contributed by atoms with E-state index in [9.17, 15) is 0 Å². The molecular weight excluding hydrogens is 380 g/mol. The average Bonchev–Trinajstić information content (AvgIpc) is 3.24. The van der Waals surface area contributed by atoms with Gasteiger partial charge in [0.1, 0.15) is 5.82 Å².